The summed E-state index contributed by atoms with van der Waals surface area (Å²) in [5.74, 6) is 0. The lowest BCUT2D eigenvalue weighted by atomic mass is 10.0. The van der Waals surface area contributed by atoms with Crippen LogP contribution in [0, 0.1) is 6.92 Å². The van der Waals surface area contributed by atoms with Gasteiger partial charge in [-0.2, -0.15) is 0 Å². The molecule has 1 N–H and O–H groups in total. The van der Waals surface area contributed by atoms with Gasteiger partial charge in [-0.3, -0.25) is 0 Å². The van der Waals surface area contributed by atoms with Crippen LogP contribution in [0.25, 0.3) is 0 Å². The van der Waals surface area contributed by atoms with Crippen LogP contribution in [0.3, 0.4) is 0 Å². The number of rotatable bonds is 5. The van der Waals surface area contributed by atoms with Gasteiger partial charge in [0.2, 0.25) is 0 Å². The molecule has 96 valence electrons. The highest BCUT2D eigenvalue weighted by Crippen LogP contribution is 2.20. The Morgan fingerprint density at radius 2 is 2.06 bits per heavy atom. The van der Waals surface area contributed by atoms with E-state index in [9.17, 15) is 0 Å². The fourth-order valence-electron chi connectivity index (χ4n) is 1.89. The second kappa shape index (κ2) is 6.32. The molecule has 0 bridgehead atoms. The van der Waals surface area contributed by atoms with Crippen LogP contribution in [0.5, 0.6) is 0 Å². The minimum atomic E-state index is 0.353. The molecule has 18 heavy (non-hydrogen) atoms. The largest absolute Gasteiger partial charge is 0.304 e. The van der Waals surface area contributed by atoms with Gasteiger partial charge in [0.15, 0.2) is 0 Å². The van der Waals surface area contributed by atoms with Crippen molar-refractivity contribution in [1.82, 2.24) is 10.3 Å². The molecule has 1 atom stereocenters. The van der Waals surface area contributed by atoms with Crippen molar-refractivity contribution in [2.24, 2.45) is 0 Å². The lowest BCUT2D eigenvalue weighted by molar-refractivity contribution is 0.518. The molecular formula is C14H17ClN2S. The molecule has 0 spiro atoms. The van der Waals surface area contributed by atoms with Crippen LogP contribution in [-0.2, 0) is 6.54 Å². The fourth-order valence-corrected chi connectivity index (χ4v) is 2.74. The number of benzene rings is 1. The maximum absolute atomic E-state index is 5.91. The summed E-state index contributed by atoms with van der Waals surface area (Å²) in [5.41, 5.74) is 2.37. The molecule has 0 saturated heterocycles. The van der Waals surface area contributed by atoms with Crippen LogP contribution in [0.15, 0.2) is 29.6 Å². The van der Waals surface area contributed by atoms with Crippen molar-refractivity contribution >= 4 is 22.9 Å². The highest BCUT2D eigenvalue weighted by atomic mass is 35.5. The molecule has 0 aliphatic heterocycles. The van der Waals surface area contributed by atoms with E-state index in [2.05, 4.69) is 34.7 Å². The van der Waals surface area contributed by atoms with Crippen LogP contribution in [0.1, 0.15) is 35.7 Å². The first-order valence-corrected chi connectivity index (χ1v) is 7.34. The molecule has 1 aromatic carbocycles. The molecule has 0 aliphatic rings. The van der Waals surface area contributed by atoms with Gasteiger partial charge in [-0.05, 0) is 31.0 Å². The van der Waals surface area contributed by atoms with Gasteiger partial charge in [0.05, 0.1) is 0 Å². The van der Waals surface area contributed by atoms with E-state index >= 15 is 0 Å². The maximum atomic E-state index is 5.91. The third kappa shape index (κ3) is 3.55. The number of halogens is 1. The van der Waals surface area contributed by atoms with Crippen LogP contribution in [0.2, 0.25) is 5.02 Å². The van der Waals surface area contributed by atoms with Gasteiger partial charge in [0, 0.05) is 28.7 Å². The summed E-state index contributed by atoms with van der Waals surface area (Å²) >= 11 is 7.61. The molecule has 2 rings (SSSR count). The number of hydrogen-bond acceptors (Lipinski definition) is 3. The van der Waals surface area contributed by atoms with Crippen LogP contribution in [-0.4, -0.2) is 4.98 Å². The molecule has 0 aliphatic carbocycles. The van der Waals surface area contributed by atoms with Crippen LogP contribution in [0.4, 0.5) is 0 Å². The summed E-state index contributed by atoms with van der Waals surface area (Å²) in [5, 5.41) is 7.54. The van der Waals surface area contributed by atoms with Crippen molar-refractivity contribution in [3.63, 3.8) is 0 Å². The highest BCUT2D eigenvalue weighted by Gasteiger charge is 2.09. The Morgan fingerprint density at radius 3 is 2.61 bits per heavy atom. The van der Waals surface area contributed by atoms with Gasteiger partial charge in [0.25, 0.3) is 0 Å². The van der Waals surface area contributed by atoms with Crippen LogP contribution >= 0.6 is 22.9 Å². The average Bonchev–Trinajstić information content (AvgIpc) is 2.78. The van der Waals surface area contributed by atoms with Gasteiger partial charge in [-0.15, -0.1) is 11.3 Å². The predicted octanol–water partition coefficient (Wildman–Crippen LogP) is 4.35. The minimum Gasteiger partial charge on any atom is -0.304 e. The molecule has 0 amide bonds. The second-order valence-electron chi connectivity index (χ2n) is 4.28. The SMILES string of the molecule is CCC(NCc1nc(C)cs1)c1ccc(Cl)cc1. The first-order chi connectivity index (χ1) is 8.69. The number of nitrogens with one attached hydrogen (secondary N) is 1. The number of aryl methyl sites for hydroxylation is 1. The summed E-state index contributed by atoms with van der Waals surface area (Å²) in [6.45, 7) is 5.02. The topological polar surface area (TPSA) is 24.9 Å². The molecule has 0 radical (unpaired) electrons. The van der Waals surface area contributed by atoms with E-state index in [-0.39, 0.29) is 0 Å². The number of thiazole rings is 1. The van der Waals surface area contributed by atoms with Gasteiger partial charge >= 0.3 is 0 Å². The summed E-state index contributed by atoms with van der Waals surface area (Å²) in [6.07, 6.45) is 1.05. The summed E-state index contributed by atoms with van der Waals surface area (Å²) in [4.78, 5) is 4.46. The third-order valence-corrected chi connectivity index (χ3v) is 4.07. The van der Waals surface area contributed by atoms with E-state index in [0.717, 1.165) is 28.7 Å². The van der Waals surface area contributed by atoms with Gasteiger partial charge in [-0.25, -0.2) is 4.98 Å². The van der Waals surface area contributed by atoms with Crippen molar-refractivity contribution in [1.29, 1.82) is 0 Å². The zero-order valence-electron chi connectivity index (χ0n) is 10.6. The average molecular weight is 281 g/mol. The lowest BCUT2D eigenvalue weighted by Crippen LogP contribution is -2.20. The monoisotopic (exact) mass is 280 g/mol. The molecule has 1 heterocycles. The van der Waals surface area contributed by atoms with Gasteiger partial charge in [-0.1, -0.05) is 30.7 Å². The Labute approximate surface area is 117 Å². The first kappa shape index (κ1) is 13.5. The predicted molar refractivity (Wildman–Crippen MR) is 78.2 cm³/mol. The summed E-state index contributed by atoms with van der Waals surface area (Å²) in [6, 6.07) is 8.39. The third-order valence-electron chi connectivity index (χ3n) is 2.85. The molecule has 1 unspecified atom stereocenters. The van der Waals surface area contributed by atoms with Crippen molar-refractivity contribution in [2.45, 2.75) is 32.9 Å². The van der Waals surface area contributed by atoms with Crippen molar-refractivity contribution in [3.05, 3.63) is 50.9 Å². The minimum absolute atomic E-state index is 0.353. The van der Waals surface area contributed by atoms with E-state index in [1.807, 2.05) is 19.1 Å². The maximum Gasteiger partial charge on any atom is 0.107 e. The Balaban J connectivity index is 1.99. The smallest absolute Gasteiger partial charge is 0.107 e. The van der Waals surface area contributed by atoms with Gasteiger partial charge < -0.3 is 5.32 Å². The Kier molecular flexibility index (Phi) is 4.75. The quantitative estimate of drug-likeness (QED) is 0.881. The van der Waals surface area contributed by atoms with E-state index in [1.165, 1.54) is 5.56 Å². The van der Waals surface area contributed by atoms with Gasteiger partial charge in [0.1, 0.15) is 5.01 Å². The second-order valence-corrected chi connectivity index (χ2v) is 5.66. The van der Waals surface area contributed by atoms with Crippen molar-refractivity contribution in [2.75, 3.05) is 0 Å². The molecule has 4 heteroatoms. The molecule has 0 fully saturated rings. The fraction of sp³-hybridized carbons (Fsp3) is 0.357. The highest BCUT2D eigenvalue weighted by molar-refractivity contribution is 7.09. The Bertz CT molecular complexity index is 493. The van der Waals surface area contributed by atoms with E-state index in [1.54, 1.807) is 11.3 Å². The number of nitrogens with zero attached hydrogens (tertiary/aromatic N) is 1. The normalized spacial score (nSPS) is 12.6. The molecule has 1 aromatic heterocycles. The van der Waals surface area contributed by atoms with Crippen molar-refractivity contribution in [3.8, 4) is 0 Å². The molecule has 2 nitrogen and oxygen atoms in total. The zero-order valence-corrected chi connectivity index (χ0v) is 12.2. The van der Waals surface area contributed by atoms with E-state index in [0.29, 0.717) is 6.04 Å². The molecule has 2 aromatic rings. The van der Waals surface area contributed by atoms with Crippen molar-refractivity contribution < 1.29 is 0 Å². The van der Waals surface area contributed by atoms with E-state index < -0.39 is 0 Å². The molecule has 0 saturated carbocycles. The Hall–Kier alpha value is -0.900. The van der Waals surface area contributed by atoms with Crippen LogP contribution < -0.4 is 5.32 Å². The number of hydrogen-bond donors (Lipinski definition) is 1. The molecular weight excluding hydrogens is 264 g/mol. The first-order valence-electron chi connectivity index (χ1n) is 6.09. The summed E-state index contributed by atoms with van der Waals surface area (Å²) < 4.78 is 0. The van der Waals surface area contributed by atoms with E-state index in [4.69, 9.17) is 11.6 Å². The Morgan fingerprint density at radius 1 is 1.33 bits per heavy atom. The standard InChI is InChI=1S/C14H17ClN2S/c1-3-13(11-4-6-12(15)7-5-11)16-8-14-17-10(2)9-18-14/h4-7,9,13,16H,3,8H2,1-2H3. The number of aromatic nitrogens is 1. The summed E-state index contributed by atoms with van der Waals surface area (Å²) in [7, 11) is 0. The zero-order chi connectivity index (χ0) is 13.0. The lowest BCUT2D eigenvalue weighted by Gasteiger charge is -2.16.